The summed E-state index contributed by atoms with van der Waals surface area (Å²) in [6, 6.07) is 0. The highest BCUT2D eigenvalue weighted by Crippen LogP contribution is 2.67. The molecule has 0 aliphatic heterocycles. The van der Waals surface area contributed by atoms with Gasteiger partial charge in [-0.05, 0) is 73.0 Å². The number of aliphatic hydroxyl groups is 1. The van der Waals surface area contributed by atoms with Gasteiger partial charge in [0, 0.05) is 12.8 Å². The molecule has 0 spiro atoms. The molecule has 0 aromatic rings. The largest absolute Gasteiger partial charge is 0.393 e. The Labute approximate surface area is 137 Å². The molecule has 2 nitrogen and oxygen atoms in total. The number of carbonyl (C=O) groups is 1. The van der Waals surface area contributed by atoms with Crippen LogP contribution < -0.4 is 0 Å². The summed E-state index contributed by atoms with van der Waals surface area (Å²) in [4.78, 5) is 11.8. The molecule has 4 aliphatic carbocycles. The normalized spacial score (nSPS) is 55.0. The van der Waals surface area contributed by atoms with Gasteiger partial charge in [0.15, 0.2) is 0 Å². The zero-order chi connectivity index (χ0) is 16.6. The molecule has 23 heavy (non-hydrogen) atoms. The Bertz CT molecular complexity index is 533. The molecule has 0 radical (unpaired) electrons. The maximum absolute atomic E-state index is 14.2. The van der Waals surface area contributed by atoms with Gasteiger partial charge in [0.25, 0.3) is 0 Å². The van der Waals surface area contributed by atoms with Gasteiger partial charge in [-0.15, -0.1) is 0 Å². The summed E-state index contributed by atoms with van der Waals surface area (Å²) in [5.41, 5.74) is -0.424. The number of Topliss-reactive ketones (excluding diaryl/α,β-unsaturated/α-hetero) is 1. The Morgan fingerprint density at radius 3 is 2.43 bits per heavy atom. The highest BCUT2D eigenvalue weighted by Gasteiger charge is 2.64. The highest BCUT2D eigenvalue weighted by molar-refractivity contribution is 5.86. The number of ketones is 1. The molecule has 4 saturated carbocycles. The number of alkyl halides is 2. The summed E-state index contributed by atoms with van der Waals surface area (Å²) in [5.74, 6) is -2.62. The first-order valence-corrected chi connectivity index (χ1v) is 9.28. The van der Waals surface area contributed by atoms with Crippen molar-refractivity contribution in [2.45, 2.75) is 77.2 Å². The number of fused-ring (bicyclic) bond motifs is 5. The first-order chi connectivity index (χ1) is 10.7. The number of hydrogen-bond acceptors (Lipinski definition) is 2. The second kappa shape index (κ2) is 4.77. The minimum atomic E-state index is -3.14. The van der Waals surface area contributed by atoms with Crippen LogP contribution in [0.1, 0.15) is 65.2 Å². The molecule has 4 rings (SSSR count). The van der Waals surface area contributed by atoms with Crippen LogP contribution in [-0.4, -0.2) is 22.9 Å². The van der Waals surface area contributed by atoms with E-state index < -0.39 is 17.1 Å². The maximum Gasteiger partial charge on any atom is 0.305 e. The molecule has 0 saturated heterocycles. The van der Waals surface area contributed by atoms with Crippen molar-refractivity contribution in [1.82, 2.24) is 0 Å². The van der Waals surface area contributed by atoms with Gasteiger partial charge in [-0.1, -0.05) is 13.8 Å². The summed E-state index contributed by atoms with van der Waals surface area (Å²) in [7, 11) is 0. The average molecular weight is 326 g/mol. The van der Waals surface area contributed by atoms with E-state index in [-0.39, 0.29) is 30.3 Å². The molecule has 0 bridgehead atoms. The van der Waals surface area contributed by atoms with Crippen molar-refractivity contribution in [2.24, 2.45) is 34.5 Å². The van der Waals surface area contributed by atoms with E-state index >= 15 is 0 Å². The molecule has 4 aliphatic rings. The van der Waals surface area contributed by atoms with Crippen LogP contribution in [0, 0.1) is 34.5 Å². The molecule has 130 valence electrons. The molecule has 0 heterocycles. The molecule has 4 fully saturated rings. The van der Waals surface area contributed by atoms with E-state index in [0.29, 0.717) is 17.8 Å². The van der Waals surface area contributed by atoms with E-state index in [1.165, 1.54) is 0 Å². The van der Waals surface area contributed by atoms with E-state index in [0.717, 1.165) is 38.5 Å². The summed E-state index contributed by atoms with van der Waals surface area (Å²) in [5, 5.41) is 10.4. The smallest absolute Gasteiger partial charge is 0.305 e. The molecule has 4 heteroatoms. The Morgan fingerprint density at radius 2 is 1.70 bits per heavy atom. The lowest BCUT2D eigenvalue weighted by atomic mass is 9.45. The standard InChI is InChI=1S/C19H28F2O2/c1-17-8-7-14-12(13(17)5-6-15(17)22)4-3-11-9-16(23)19(20,21)10-18(11,14)2/h11-15,22H,3-10H2,1-2H3/t11-,12-,13-,14-,15-,17-,18-/m0/s1. The third-order valence-corrected chi connectivity index (χ3v) is 8.46. The summed E-state index contributed by atoms with van der Waals surface area (Å²) in [6.07, 6.45) is 5.32. The third-order valence-electron chi connectivity index (χ3n) is 8.46. The van der Waals surface area contributed by atoms with Crippen molar-refractivity contribution in [2.75, 3.05) is 0 Å². The minimum absolute atomic E-state index is 0.0165. The Balaban J connectivity index is 1.66. The first-order valence-electron chi connectivity index (χ1n) is 9.28. The van der Waals surface area contributed by atoms with Crippen LogP contribution in [0.25, 0.3) is 0 Å². The number of carbonyl (C=O) groups excluding carboxylic acids is 1. The molecule has 1 N–H and O–H groups in total. The van der Waals surface area contributed by atoms with Crippen LogP contribution in [-0.2, 0) is 4.79 Å². The summed E-state index contributed by atoms with van der Waals surface area (Å²) < 4.78 is 28.4. The van der Waals surface area contributed by atoms with Gasteiger partial charge in [-0.2, -0.15) is 8.78 Å². The molecule has 0 aromatic heterocycles. The second-order valence-electron chi connectivity index (χ2n) is 9.30. The Morgan fingerprint density at radius 1 is 1.00 bits per heavy atom. The van der Waals surface area contributed by atoms with Crippen molar-refractivity contribution in [3.8, 4) is 0 Å². The van der Waals surface area contributed by atoms with Crippen molar-refractivity contribution in [1.29, 1.82) is 0 Å². The Hall–Kier alpha value is -0.510. The SMILES string of the molecule is C[C@]12CC(F)(F)C(=O)C[C@@H]1CC[C@@H]1[C@@H]2CC[C@]2(C)[C@@H](O)CC[C@@H]12. The van der Waals surface area contributed by atoms with Crippen molar-refractivity contribution >= 4 is 5.78 Å². The quantitative estimate of drug-likeness (QED) is 0.724. The van der Waals surface area contributed by atoms with Gasteiger partial charge in [-0.3, -0.25) is 4.79 Å². The van der Waals surface area contributed by atoms with Gasteiger partial charge in [0.05, 0.1) is 6.10 Å². The molecular formula is C19H28F2O2. The van der Waals surface area contributed by atoms with E-state index in [4.69, 9.17) is 0 Å². The topological polar surface area (TPSA) is 37.3 Å². The number of rotatable bonds is 0. The predicted octanol–water partition coefficient (Wildman–Crippen LogP) is 4.20. The summed E-state index contributed by atoms with van der Waals surface area (Å²) in [6.45, 7) is 4.24. The van der Waals surface area contributed by atoms with Crippen LogP contribution in [0.4, 0.5) is 8.78 Å². The van der Waals surface area contributed by atoms with Crippen molar-refractivity contribution in [3.63, 3.8) is 0 Å². The molecule has 7 atom stereocenters. The first kappa shape index (κ1) is 16.0. The lowest BCUT2D eigenvalue weighted by Crippen LogP contribution is -2.57. The van der Waals surface area contributed by atoms with E-state index in [9.17, 15) is 18.7 Å². The van der Waals surface area contributed by atoms with Crippen LogP contribution in [0.5, 0.6) is 0 Å². The van der Waals surface area contributed by atoms with Crippen molar-refractivity contribution in [3.05, 3.63) is 0 Å². The third kappa shape index (κ3) is 2.03. The van der Waals surface area contributed by atoms with E-state index in [1.54, 1.807) is 0 Å². The maximum atomic E-state index is 14.2. The van der Waals surface area contributed by atoms with E-state index in [2.05, 4.69) is 6.92 Å². The van der Waals surface area contributed by atoms with Crippen molar-refractivity contribution < 1.29 is 18.7 Å². The van der Waals surface area contributed by atoms with Gasteiger partial charge >= 0.3 is 5.92 Å². The summed E-state index contributed by atoms with van der Waals surface area (Å²) >= 11 is 0. The zero-order valence-corrected chi connectivity index (χ0v) is 14.2. The Kier molecular flexibility index (Phi) is 3.32. The van der Waals surface area contributed by atoms with Crippen LogP contribution in [0.3, 0.4) is 0 Å². The van der Waals surface area contributed by atoms with E-state index in [1.807, 2.05) is 6.92 Å². The van der Waals surface area contributed by atoms with Gasteiger partial charge in [0.2, 0.25) is 5.78 Å². The molecular weight excluding hydrogens is 298 g/mol. The lowest BCUT2D eigenvalue weighted by molar-refractivity contribution is -0.184. The molecule has 0 unspecified atom stereocenters. The molecule has 0 amide bonds. The number of aliphatic hydroxyl groups excluding tert-OH is 1. The van der Waals surface area contributed by atoms with Crippen LogP contribution >= 0.6 is 0 Å². The van der Waals surface area contributed by atoms with Gasteiger partial charge in [0.1, 0.15) is 0 Å². The second-order valence-corrected chi connectivity index (χ2v) is 9.30. The zero-order valence-electron chi connectivity index (χ0n) is 14.2. The minimum Gasteiger partial charge on any atom is -0.393 e. The van der Waals surface area contributed by atoms with Crippen LogP contribution in [0.15, 0.2) is 0 Å². The average Bonchev–Trinajstić information content (AvgIpc) is 2.76. The fraction of sp³-hybridized carbons (Fsp3) is 0.947. The predicted molar refractivity (Wildman–Crippen MR) is 83.1 cm³/mol. The van der Waals surface area contributed by atoms with Gasteiger partial charge in [-0.25, -0.2) is 0 Å². The molecule has 0 aromatic carbocycles. The number of hydrogen-bond donors (Lipinski definition) is 1. The van der Waals surface area contributed by atoms with Crippen LogP contribution in [0.2, 0.25) is 0 Å². The van der Waals surface area contributed by atoms with Gasteiger partial charge < -0.3 is 5.11 Å². The monoisotopic (exact) mass is 326 g/mol. The lowest BCUT2D eigenvalue weighted by Gasteiger charge is -2.60. The fourth-order valence-corrected chi connectivity index (χ4v) is 7.07. The fourth-order valence-electron chi connectivity index (χ4n) is 7.07. The highest BCUT2D eigenvalue weighted by atomic mass is 19.3. The number of halogens is 2.